The third-order valence-electron chi connectivity index (χ3n) is 5.81. The van der Waals surface area contributed by atoms with Gasteiger partial charge in [0.1, 0.15) is 0 Å². The van der Waals surface area contributed by atoms with Gasteiger partial charge in [0.2, 0.25) is 11.9 Å². The normalized spacial score (nSPS) is 16.0. The maximum Gasteiger partial charge on any atom is 0.309 e. The molecule has 0 aliphatic carbocycles. The molecule has 1 fully saturated rings. The van der Waals surface area contributed by atoms with E-state index >= 15 is 0 Å². The molecule has 1 aliphatic heterocycles. The molecule has 158 valence electrons. The molecule has 31 heavy (non-hydrogen) atoms. The molecule has 5 rings (SSSR count). The van der Waals surface area contributed by atoms with Crippen LogP contribution in [0.5, 0.6) is 0 Å². The molecule has 5 heterocycles. The Morgan fingerprint density at radius 1 is 1.16 bits per heavy atom. The third-order valence-corrected chi connectivity index (χ3v) is 5.81. The highest BCUT2D eigenvalue weighted by Crippen LogP contribution is 2.32. The van der Waals surface area contributed by atoms with Crippen molar-refractivity contribution < 1.29 is 9.90 Å². The molecular weight excluding hydrogens is 398 g/mol. The van der Waals surface area contributed by atoms with Gasteiger partial charge in [-0.15, -0.1) is 5.10 Å². The summed E-state index contributed by atoms with van der Waals surface area (Å²) < 4.78 is 3.32. The van der Waals surface area contributed by atoms with Crippen LogP contribution in [0.3, 0.4) is 0 Å². The number of hydrogen-bond acceptors (Lipinski definition) is 8. The fraction of sp³-hybridized carbons (Fsp3) is 0.300. The number of anilines is 2. The number of carboxylic acids is 1. The summed E-state index contributed by atoms with van der Waals surface area (Å²) in [5.41, 5.74) is 7.38. The van der Waals surface area contributed by atoms with Crippen LogP contribution in [0.4, 0.5) is 11.9 Å². The lowest BCUT2D eigenvalue weighted by atomic mass is 9.80. The number of piperidine rings is 1. The number of nitrogens with two attached hydrogens (primary N) is 1. The average molecular weight is 419 g/mol. The Morgan fingerprint density at radius 3 is 2.55 bits per heavy atom. The van der Waals surface area contributed by atoms with Gasteiger partial charge in [0.25, 0.3) is 0 Å². The first kappa shape index (κ1) is 19.0. The lowest BCUT2D eigenvalue weighted by Gasteiger charge is -2.36. The Bertz CT molecular complexity index is 1240. The number of nitrogen functional groups attached to an aromatic ring is 1. The standard InChI is InChI=1S/C20H21N9O2/c1-20(17(30)31)3-7-27(8-4-20)19-22-11-14(12-23-19)13-9-15-25-18(21)26-29(15)16(10-13)28-6-2-5-24-28/h2,5-6,9-12H,3-4,7-8H2,1H3,(H2,21,26)(H,30,31). The van der Waals surface area contributed by atoms with Crippen molar-refractivity contribution in [1.82, 2.24) is 34.3 Å². The van der Waals surface area contributed by atoms with E-state index in [9.17, 15) is 9.90 Å². The van der Waals surface area contributed by atoms with Gasteiger partial charge in [-0.25, -0.2) is 14.6 Å². The lowest BCUT2D eigenvalue weighted by Crippen LogP contribution is -2.43. The van der Waals surface area contributed by atoms with Gasteiger partial charge in [-0.3, -0.25) is 4.79 Å². The van der Waals surface area contributed by atoms with Gasteiger partial charge < -0.3 is 15.7 Å². The summed E-state index contributed by atoms with van der Waals surface area (Å²) in [5.74, 6) is 0.711. The molecule has 11 nitrogen and oxygen atoms in total. The number of aromatic nitrogens is 7. The average Bonchev–Trinajstić information content (AvgIpc) is 3.42. The monoisotopic (exact) mass is 419 g/mol. The maximum atomic E-state index is 11.5. The molecule has 0 spiro atoms. The van der Waals surface area contributed by atoms with Crippen LogP contribution in [-0.4, -0.2) is 58.5 Å². The zero-order chi connectivity index (χ0) is 21.6. The van der Waals surface area contributed by atoms with E-state index in [1.165, 1.54) is 0 Å². The van der Waals surface area contributed by atoms with Crippen molar-refractivity contribution in [2.75, 3.05) is 23.7 Å². The summed E-state index contributed by atoms with van der Waals surface area (Å²) in [5, 5.41) is 17.9. The van der Waals surface area contributed by atoms with Crippen LogP contribution < -0.4 is 10.6 Å². The summed E-state index contributed by atoms with van der Waals surface area (Å²) in [6, 6.07) is 5.62. The summed E-state index contributed by atoms with van der Waals surface area (Å²) in [6.07, 6.45) is 8.14. The van der Waals surface area contributed by atoms with Crippen LogP contribution in [0.15, 0.2) is 43.0 Å². The molecule has 3 N–H and O–H groups in total. The lowest BCUT2D eigenvalue weighted by molar-refractivity contribution is -0.149. The first-order valence-electron chi connectivity index (χ1n) is 9.90. The van der Waals surface area contributed by atoms with Gasteiger partial charge in [0.05, 0.1) is 5.41 Å². The molecule has 4 aromatic rings. The Hall–Kier alpha value is -4.02. The SMILES string of the molecule is CC1(C(=O)O)CCN(c2ncc(-c3cc(-n4cccn4)n4nc(N)nc4c3)cn2)CC1. The van der Waals surface area contributed by atoms with E-state index in [0.29, 0.717) is 43.3 Å². The Labute approximate surface area is 177 Å². The first-order chi connectivity index (χ1) is 14.9. The van der Waals surface area contributed by atoms with Crippen molar-refractivity contribution in [1.29, 1.82) is 0 Å². The van der Waals surface area contributed by atoms with Gasteiger partial charge in [0, 0.05) is 43.4 Å². The minimum absolute atomic E-state index is 0.176. The highest BCUT2D eigenvalue weighted by atomic mass is 16.4. The van der Waals surface area contributed by atoms with E-state index < -0.39 is 11.4 Å². The van der Waals surface area contributed by atoms with Gasteiger partial charge in [0.15, 0.2) is 11.5 Å². The second kappa shape index (κ2) is 7.04. The van der Waals surface area contributed by atoms with Crippen LogP contribution in [-0.2, 0) is 4.79 Å². The van der Waals surface area contributed by atoms with Crippen LogP contribution >= 0.6 is 0 Å². The Balaban J connectivity index is 1.45. The smallest absolute Gasteiger partial charge is 0.309 e. The number of fused-ring (bicyclic) bond motifs is 1. The summed E-state index contributed by atoms with van der Waals surface area (Å²) >= 11 is 0. The van der Waals surface area contributed by atoms with Gasteiger partial charge >= 0.3 is 5.97 Å². The molecule has 0 aromatic carbocycles. The first-order valence-corrected chi connectivity index (χ1v) is 9.90. The number of nitrogens with zero attached hydrogens (tertiary/aromatic N) is 8. The number of carboxylic acid groups (broad SMARTS) is 1. The molecule has 1 saturated heterocycles. The van der Waals surface area contributed by atoms with E-state index in [0.717, 1.165) is 11.1 Å². The Kier molecular flexibility index (Phi) is 4.31. The predicted molar refractivity (Wildman–Crippen MR) is 113 cm³/mol. The minimum Gasteiger partial charge on any atom is -0.481 e. The molecule has 0 saturated carbocycles. The predicted octanol–water partition coefficient (Wildman–Crippen LogP) is 1.65. The summed E-state index contributed by atoms with van der Waals surface area (Å²) in [7, 11) is 0. The molecule has 0 atom stereocenters. The molecule has 11 heteroatoms. The molecule has 1 aliphatic rings. The topological polar surface area (TPSA) is 140 Å². The molecule has 0 unspecified atom stereocenters. The van der Waals surface area contributed by atoms with Crippen molar-refractivity contribution in [2.24, 2.45) is 5.41 Å². The molecule has 0 bridgehead atoms. The second-order valence-electron chi connectivity index (χ2n) is 7.92. The quantitative estimate of drug-likeness (QED) is 0.505. The minimum atomic E-state index is -0.749. The number of hydrogen-bond donors (Lipinski definition) is 2. The largest absolute Gasteiger partial charge is 0.481 e. The van der Waals surface area contributed by atoms with Crippen molar-refractivity contribution in [2.45, 2.75) is 19.8 Å². The van der Waals surface area contributed by atoms with Crippen LogP contribution in [0.1, 0.15) is 19.8 Å². The van der Waals surface area contributed by atoms with Crippen LogP contribution in [0.2, 0.25) is 0 Å². The Morgan fingerprint density at radius 2 is 1.90 bits per heavy atom. The molecular formula is C20H21N9O2. The third kappa shape index (κ3) is 3.33. The fourth-order valence-electron chi connectivity index (χ4n) is 3.77. The van der Waals surface area contributed by atoms with E-state index in [-0.39, 0.29) is 5.95 Å². The highest BCUT2D eigenvalue weighted by molar-refractivity contribution is 5.74. The van der Waals surface area contributed by atoms with Crippen molar-refractivity contribution in [3.8, 4) is 16.9 Å². The number of pyridine rings is 1. The van der Waals surface area contributed by atoms with Gasteiger partial charge in [-0.05, 0) is 43.5 Å². The number of rotatable bonds is 4. The van der Waals surface area contributed by atoms with E-state index in [1.54, 1.807) is 34.7 Å². The summed E-state index contributed by atoms with van der Waals surface area (Å²) in [6.45, 7) is 3.01. The highest BCUT2D eigenvalue weighted by Gasteiger charge is 2.37. The van der Waals surface area contributed by atoms with E-state index in [1.807, 2.05) is 29.3 Å². The van der Waals surface area contributed by atoms with Gasteiger partial charge in [-0.1, -0.05) is 0 Å². The summed E-state index contributed by atoms with van der Waals surface area (Å²) in [4.78, 5) is 26.8. The van der Waals surface area contributed by atoms with Crippen LogP contribution in [0, 0.1) is 5.41 Å². The van der Waals surface area contributed by atoms with Crippen molar-refractivity contribution in [3.63, 3.8) is 0 Å². The van der Waals surface area contributed by atoms with Crippen molar-refractivity contribution >= 4 is 23.5 Å². The second-order valence-corrected chi connectivity index (χ2v) is 7.92. The zero-order valence-electron chi connectivity index (χ0n) is 16.9. The molecule has 4 aromatic heterocycles. The number of carbonyl (C=O) groups is 1. The fourth-order valence-corrected chi connectivity index (χ4v) is 3.77. The van der Waals surface area contributed by atoms with Gasteiger partial charge in [-0.2, -0.15) is 14.6 Å². The number of aliphatic carboxylic acids is 1. The maximum absolute atomic E-state index is 11.5. The zero-order valence-corrected chi connectivity index (χ0v) is 16.9. The van der Waals surface area contributed by atoms with E-state index in [4.69, 9.17) is 5.73 Å². The van der Waals surface area contributed by atoms with Crippen molar-refractivity contribution in [3.05, 3.63) is 43.0 Å². The van der Waals surface area contributed by atoms with E-state index in [2.05, 4.69) is 25.1 Å². The van der Waals surface area contributed by atoms with Crippen LogP contribution in [0.25, 0.3) is 22.6 Å². The molecule has 0 radical (unpaired) electrons. The molecule has 0 amide bonds.